The van der Waals surface area contributed by atoms with Crippen molar-refractivity contribution in [3.05, 3.63) is 95.6 Å². The van der Waals surface area contributed by atoms with Gasteiger partial charge in [-0.25, -0.2) is 13.6 Å². The van der Waals surface area contributed by atoms with E-state index in [1.807, 2.05) is 0 Å². The molecule has 2 unspecified atom stereocenters. The number of urea groups is 1. The number of hydrogen-bond donors (Lipinski definition) is 1. The standard InChI is InChI=1S/C24H19F5N2O2/c1-2-21-23(33,15-4-3-5-16(14-15)24(27,28)29)31(20-12-8-18(26)9-13-20)22(32)30(21)19-10-6-17(25)7-11-19/h3-14,21,33H,2H2,1H3. The zero-order valence-corrected chi connectivity index (χ0v) is 17.4. The summed E-state index contributed by atoms with van der Waals surface area (Å²) in [4.78, 5) is 15.8. The first-order valence-electron chi connectivity index (χ1n) is 10.1. The maximum atomic E-state index is 13.6. The zero-order valence-electron chi connectivity index (χ0n) is 17.4. The van der Waals surface area contributed by atoms with Crippen LogP contribution in [0.2, 0.25) is 0 Å². The van der Waals surface area contributed by atoms with Crippen LogP contribution in [0.5, 0.6) is 0 Å². The first-order valence-corrected chi connectivity index (χ1v) is 10.1. The SMILES string of the molecule is CCC1N(c2ccc(F)cc2)C(=O)N(c2ccc(F)cc2)C1(O)c1cccc(C(F)(F)F)c1. The van der Waals surface area contributed by atoms with Crippen LogP contribution in [0.25, 0.3) is 0 Å². The van der Waals surface area contributed by atoms with Gasteiger partial charge in [-0.1, -0.05) is 19.1 Å². The summed E-state index contributed by atoms with van der Waals surface area (Å²) in [7, 11) is 0. The molecule has 0 radical (unpaired) electrons. The van der Waals surface area contributed by atoms with Gasteiger partial charge in [0.1, 0.15) is 11.6 Å². The smallest absolute Gasteiger partial charge is 0.365 e. The van der Waals surface area contributed by atoms with Gasteiger partial charge in [-0.3, -0.25) is 9.80 Å². The molecule has 1 heterocycles. The highest BCUT2D eigenvalue weighted by Gasteiger charge is 2.58. The molecule has 2 amide bonds. The molecule has 1 saturated heterocycles. The highest BCUT2D eigenvalue weighted by molar-refractivity contribution is 6.08. The van der Waals surface area contributed by atoms with Gasteiger partial charge in [0.15, 0.2) is 5.72 Å². The van der Waals surface area contributed by atoms with Crippen LogP contribution >= 0.6 is 0 Å². The van der Waals surface area contributed by atoms with E-state index < -0.39 is 41.2 Å². The van der Waals surface area contributed by atoms with Crippen molar-refractivity contribution in [2.75, 3.05) is 9.80 Å². The molecule has 0 saturated carbocycles. The number of carbonyl (C=O) groups is 1. The molecule has 3 aromatic carbocycles. The van der Waals surface area contributed by atoms with E-state index in [0.29, 0.717) is 0 Å². The number of rotatable bonds is 4. The fourth-order valence-electron chi connectivity index (χ4n) is 4.22. The van der Waals surface area contributed by atoms with Crippen LogP contribution in [-0.4, -0.2) is 17.2 Å². The molecule has 1 fully saturated rings. The summed E-state index contributed by atoms with van der Waals surface area (Å²) in [5, 5.41) is 12.0. The van der Waals surface area contributed by atoms with Gasteiger partial charge in [0.2, 0.25) is 0 Å². The van der Waals surface area contributed by atoms with Crippen LogP contribution in [0.15, 0.2) is 72.8 Å². The Balaban J connectivity index is 1.95. The van der Waals surface area contributed by atoms with Gasteiger partial charge < -0.3 is 5.11 Å². The zero-order chi connectivity index (χ0) is 24.0. The number of amides is 2. The minimum Gasteiger partial charge on any atom is -0.365 e. The van der Waals surface area contributed by atoms with Gasteiger partial charge in [0.25, 0.3) is 0 Å². The highest BCUT2D eigenvalue weighted by Crippen LogP contribution is 2.46. The summed E-state index contributed by atoms with van der Waals surface area (Å²) < 4.78 is 67.3. The fraction of sp³-hybridized carbons (Fsp3) is 0.208. The van der Waals surface area contributed by atoms with Crippen molar-refractivity contribution < 1.29 is 31.9 Å². The Morgan fingerprint density at radius 1 is 0.909 bits per heavy atom. The molecule has 1 aliphatic rings. The average molecular weight is 462 g/mol. The van der Waals surface area contributed by atoms with Crippen molar-refractivity contribution in [2.24, 2.45) is 0 Å². The summed E-state index contributed by atoms with van der Waals surface area (Å²) in [5.74, 6) is -1.13. The number of halogens is 5. The van der Waals surface area contributed by atoms with Gasteiger partial charge >= 0.3 is 12.2 Å². The van der Waals surface area contributed by atoms with Gasteiger partial charge in [0, 0.05) is 16.9 Å². The van der Waals surface area contributed by atoms with E-state index in [1.165, 1.54) is 35.2 Å². The Hall–Kier alpha value is -3.46. The lowest BCUT2D eigenvalue weighted by Gasteiger charge is -2.37. The number of anilines is 2. The van der Waals surface area contributed by atoms with Crippen LogP contribution in [0.3, 0.4) is 0 Å². The molecule has 2 atom stereocenters. The molecule has 9 heteroatoms. The van der Waals surface area contributed by atoms with Crippen molar-refractivity contribution in [3.8, 4) is 0 Å². The van der Waals surface area contributed by atoms with E-state index in [0.717, 1.165) is 47.4 Å². The largest absolute Gasteiger partial charge is 0.416 e. The molecular formula is C24H19F5N2O2. The third kappa shape index (κ3) is 3.82. The van der Waals surface area contributed by atoms with Gasteiger partial charge in [-0.15, -0.1) is 0 Å². The quantitative estimate of drug-likeness (QED) is 0.480. The fourth-order valence-corrected chi connectivity index (χ4v) is 4.22. The lowest BCUT2D eigenvalue weighted by Crippen LogP contribution is -2.49. The molecule has 33 heavy (non-hydrogen) atoms. The average Bonchev–Trinajstić information content (AvgIpc) is 3.01. The molecule has 0 aliphatic carbocycles. The Morgan fingerprint density at radius 2 is 1.45 bits per heavy atom. The van der Waals surface area contributed by atoms with Gasteiger partial charge in [-0.05, 0) is 67.1 Å². The third-order valence-corrected chi connectivity index (χ3v) is 5.71. The van der Waals surface area contributed by atoms with Gasteiger partial charge in [0.05, 0.1) is 11.6 Å². The number of alkyl halides is 3. The van der Waals surface area contributed by atoms with Crippen LogP contribution in [0.1, 0.15) is 24.5 Å². The van der Waals surface area contributed by atoms with Crippen LogP contribution in [0, 0.1) is 11.6 Å². The summed E-state index contributed by atoms with van der Waals surface area (Å²) >= 11 is 0. The highest BCUT2D eigenvalue weighted by atomic mass is 19.4. The summed E-state index contributed by atoms with van der Waals surface area (Å²) in [6.45, 7) is 1.67. The van der Waals surface area contributed by atoms with E-state index in [9.17, 15) is 31.9 Å². The molecule has 4 nitrogen and oxygen atoms in total. The topological polar surface area (TPSA) is 43.8 Å². The van der Waals surface area contributed by atoms with Crippen molar-refractivity contribution in [2.45, 2.75) is 31.3 Å². The molecule has 1 N–H and O–H groups in total. The van der Waals surface area contributed by atoms with Crippen LogP contribution in [0.4, 0.5) is 38.1 Å². The molecule has 0 spiro atoms. The minimum atomic E-state index is -4.67. The maximum absolute atomic E-state index is 13.6. The normalized spacial score (nSPS) is 21.1. The predicted octanol–water partition coefficient (Wildman–Crippen LogP) is 6.05. The van der Waals surface area contributed by atoms with Gasteiger partial charge in [-0.2, -0.15) is 13.2 Å². The van der Waals surface area contributed by atoms with E-state index >= 15 is 0 Å². The number of carbonyl (C=O) groups excluding carboxylic acids is 1. The lowest BCUT2D eigenvalue weighted by atomic mass is 9.90. The van der Waals surface area contributed by atoms with Crippen LogP contribution < -0.4 is 9.80 Å². The van der Waals surface area contributed by atoms with Crippen molar-refractivity contribution in [3.63, 3.8) is 0 Å². The van der Waals surface area contributed by atoms with Crippen molar-refractivity contribution >= 4 is 17.4 Å². The Kier molecular flexibility index (Phi) is 5.61. The monoisotopic (exact) mass is 462 g/mol. The van der Waals surface area contributed by atoms with E-state index in [2.05, 4.69) is 0 Å². The van der Waals surface area contributed by atoms with Crippen LogP contribution in [-0.2, 0) is 11.9 Å². The second kappa shape index (κ2) is 8.15. The molecule has 172 valence electrons. The number of hydrogen-bond acceptors (Lipinski definition) is 2. The van der Waals surface area contributed by atoms with Crippen molar-refractivity contribution in [1.82, 2.24) is 0 Å². The number of nitrogens with zero attached hydrogens (tertiary/aromatic N) is 2. The second-order valence-electron chi connectivity index (χ2n) is 7.67. The summed E-state index contributed by atoms with van der Waals surface area (Å²) in [5.41, 5.74) is -3.05. The van der Waals surface area contributed by atoms with E-state index in [1.54, 1.807) is 6.92 Å². The third-order valence-electron chi connectivity index (χ3n) is 5.71. The van der Waals surface area contributed by atoms with E-state index in [4.69, 9.17) is 0 Å². The molecule has 3 aromatic rings. The Bertz CT molecular complexity index is 1160. The minimum absolute atomic E-state index is 0.0874. The van der Waals surface area contributed by atoms with E-state index in [-0.39, 0.29) is 23.4 Å². The number of benzene rings is 3. The first kappa shape index (κ1) is 22.7. The van der Waals surface area contributed by atoms with Crippen molar-refractivity contribution in [1.29, 1.82) is 0 Å². The molecule has 4 rings (SSSR count). The Morgan fingerprint density at radius 3 is 1.97 bits per heavy atom. The predicted molar refractivity (Wildman–Crippen MR) is 113 cm³/mol. The molecule has 1 aliphatic heterocycles. The maximum Gasteiger partial charge on any atom is 0.416 e. The lowest BCUT2D eigenvalue weighted by molar-refractivity contribution is -0.137. The molecule has 0 bridgehead atoms. The summed E-state index contributed by atoms with van der Waals surface area (Å²) in [6.07, 6.45) is -4.53. The molecular weight excluding hydrogens is 443 g/mol. The second-order valence-corrected chi connectivity index (χ2v) is 7.67. The number of aliphatic hydroxyl groups is 1. The first-order chi connectivity index (χ1) is 15.6. The summed E-state index contributed by atoms with van der Waals surface area (Å²) in [6, 6.07) is 12.0. The Labute approximate surface area is 186 Å². The molecule has 0 aromatic heterocycles.